The molecule has 144 valence electrons. The fraction of sp³-hybridized carbons (Fsp3) is 0.222. The summed E-state index contributed by atoms with van der Waals surface area (Å²) in [6.07, 6.45) is -6.29. The highest BCUT2D eigenvalue weighted by Crippen LogP contribution is 2.30. The van der Waals surface area contributed by atoms with Crippen LogP contribution in [-0.4, -0.2) is 23.0 Å². The molecule has 0 aromatic heterocycles. The van der Waals surface area contributed by atoms with Crippen molar-refractivity contribution in [3.8, 4) is 0 Å². The summed E-state index contributed by atoms with van der Waals surface area (Å²) < 4.78 is 37.7. The lowest BCUT2D eigenvalue weighted by Crippen LogP contribution is -2.47. The molecule has 2 atom stereocenters. The second-order valence-corrected chi connectivity index (χ2v) is 6.19. The topological polar surface area (TPSA) is 92.4 Å². The van der Waals surface area contributed by atoms with E-state index in [1.807, 2.05) is 0 Å². The maximum Gasteiger partial charge on any atom is 0.416 e. The number of carbonyl (C=O) groups is 2. The van der Waals surface area contributed by atoms with Crippen molar-refractivity contribution >= 4 is 23.4 Å². The van der Waals surface area contributed by atoms with E-state index in [-0.39, 0.29) is 12.0 Å². The molecule has 9 heteroatoms. The van der Waals surface area contributed by atoms with Crippen LogP contribution in [0.15, 0.2) is 48.5 Å². The van der Waals surface area contributed by atoms with Gasteiger partial charge in [0.15, 0.2) is 6.10 Å². The highest BCUT2D eigenvalue weighted by molar-refractivity contribution is 6.31. The predicted molar refractivity (Wildman–Crippen MR) is 92.7 cm³/mol. The third-order valence-electron chi connectivity index (χ3n) is 3.84. The number of carbonyl (C=O) groups excluding carboxylic acids is 2. The minimum Gasteiger partial charge on any atom is -0.378 e. The number of nitrogens with two attached hydrogens (primary N) is 1. The zero-order valence-corrected chi connectivity index (χ0v) is 14.6. The SMILES string of the molecule is NC(=O)[C@@H](Cc1ccccc1Cl)NC(=O)[C@H](O)c1ccc(C(F)(F)F)cc1. The molecule has 0 aliphatic heterocycles. The lowest BCUT2D eigenvalue weighted by molar-refractivity contribution is -0.137. The van der Waals surface area contributed by atoms with Crippen LogP contribution in [0, 0.1) is 0 Å². The minimum atomic E-state index is -4.53. The Kier molecular flexibility index (Phi) is 6.45. The van der Waals surface area contributed by atoms with Crippen LogP contribution >= 0.6 is 11.6 Å². The average Bonchev–Trinajstić information content (AvgIpc) is 2.61. The van der Waals surface area contributed by atoms with Crippen LogP contribution in [0.5, 0.6) is 0 Å². The number of rotatable bonds is 6. The van der Waals surface area contributed by atoms with Gasteiger partial charge in [0.2, 0.25) is 5.91 Å². The van der Waals surface area contributed by atoms with Crippen LogP contribution < -0.4 is 11.1 Å². The van der Waals surface area contributed by atoms with Crippen LogP contribution in [0.25, 0.3) is 0 Å². The number of hydrogen-bond donors (Lipinski definition) is 3. The Labute approximate surface area is 157 Å². The zero-order valence-electron chi connectivity index (χ0n) is 13.8. The number of hydrogen-bond acceptors (Lipinski definition) is 3. The molecule has 5 nitrogen and oxygen atoms in total. The summed E-state index contributed by atoms with van der Waals surface area (Å²) in [4.78, 5) is 23.8. The van der Waals surface area contributed by atoms with Gasteiger partial charge in [-0.2, -0.15) is 13.2 Å². The van der Waals surface area contributed by atoms with Gasteiger partial charge in [-0.15, -0.1) is 0 Å². The summed E-state index contributed by atoms with van der Waals surface area (Å²) >= 11 is 6.01. The summed E-state index contributed by atoms with van der Waals surface area (Å²) in [6.45, 7) is 0. The molecular formula is C18H16ClF3N2O3. The summed E-state index contributed by atoms with van der Waals surface area (Å²) in [5, 5.41) is 12.7. The van der Waals surface area contributed by atoms with Gasteiger partial charge in [-0.05, 0) is 29.3 Å². The lowest BCUT2D eigenvalue weighted by Gasteiger charge is -2.19. The lowest BCUT2D eigenvalue weighted by atomic mass is 10.0. The van der Waals surface area contributed by atoms with Gasteiger partial charge >= 0.3 is 6.18 Å². The van der Waals surface area contributed by atoms with E-state index in [9.17, 15) is 27.9 Å². The second kappa shape index (κ2) is 8.41. The van der Waals surface area contributed by atoms with Crippen LogP contribution in [0.1, 0.15) is 22.8 Å². The van der Waals surface area contributed by atoms with E-state index in [1.165, 1.54) is 0 Å². The van der Waals surface area contributed by atoms with E-state index >= 15 is 0 Å². The van der Waals surface area contributed by atoms with E-state index < -0.39 is 35.7 Å². The fourth-order valence-electron chi connectivity index (χ4n) is 2.36. The van der Waals surface area contributed by atoms with Gasteiger partial charge in [0, 0.05) is 11.4 Å². The maximum absolute atomic E-state index is 12.6. The quantitative estimate of drug-likeness (QED) is 0.696. The molecule has 2 aromatic carbocycles. The van der Waals surface area contributed by atoms with Crippen LogP contribution in [-0.2, 0) is 22.2 Å². The van der Waals surface area contributed by atoms with Crippen LogP contribution in [0.2, 0.25) is 5.02 Å². The van der Waals surface area contributed by atoms with Crippen molar-refractivity contribution in [1.82, 2.24) is 5.32 Å². The molecule has 0 aliphatic carbocycles. The number of halogens is 4. The number of aliphatic hydroxyl groups is 1. The van der Waals surface area contributed by atoms with Crippen molar-refractivity contribution in [1.29, 1.82) is 0 Å². The Hall–Kier alpha value is -2.58. The molecule has 2 amide bonds. The molecular weight excluding hydrogens is 385 g/mol. The first-order valence-electron chi connectivity index (χ1n) is 7.78. The van der Waals surface area contributed by atoms with Crippen LogP contribution in [0.4, 0.5) is 13.2 Å². The molecule has 0 bridgehead atoms. The standard InChI is InChI=1S/C18H16ClF3N2O3/c19-13-4-2-1-3-11(13)9-14(16(23)26)24-17(27)15(25)10-5-7-12(8-6-10)18(20,21)22/h1-8,14-15,25H,9H2,(H2,23,26)(H,24,27)/t14-,15-/m1/s1. The first-order chi connectivity index (χ1) is 12.6. The number of primary amides is 1. The number of nitrogens with one attached hydrogen (secondary N) is 1. The fourth-order valence-corrected chi connectivity index (χ4v) is 2.58. The molecule has 0 heterocycles. The minimum absolute atomic E-state index is 0.000474. The molecule has 0 spiro atoms. The van der Waals surface area contributed by atoms with Crippen molar-refractivity contribution in [3.05, 3.63) is 70.2 Å². The normalized spacial score (nSPS) is 13.7. The third kappa shape index (κ3) is 5.45. The Bertz CT molecular complexity index is 825. The van der Waals surface area contributed by atoms with Crippen molar-refractivity contribution in [3.63, 3.8) is 0 Å². The zero-order chi connectivity index (χ0) is 20.2. The monoisotopic (exact) mass is 400 g/mol. The summed E-state index contributed by atoms with van der Waals surface area (Å²) in [5.41, 5.74) is 4.88. The van der Waals surface area contributed by atoms with Crippen LogP contribution in [0.3, 0.4) is 0 Å². The molecule has 0 saturated carbocycles. The highest BCUT2D eigenvalue weighted by Gasteiger charge is 2.31. The summed E-state index contributed by atoms with van der Waals surface area (Å²) in [6, 6.07) is 8.96. The molecule has 0 saturated heterocycles. The Morgan fingerprint density at radius 1 is 1.11 bits per heavy atom. The molecule has 2 aromatic rings. The molecule has 27 heavy (non-hydrogen) atoms. The molecule has 0 aliphatic rings. The highest BCUT2D eigenvalue weighted by atomic mass is 35.5. The first-order valence-corrected chi connectivity index (χ1v) is 8.15. The van der Waals surface area contributed by atoms with Gasteiger partial charge in [-0.1, -0.05) is 41.9 Å². The molecule has 0 radical (unpaired) electrons. The molecule has 2 rings (SSSR count). The van der Waals surface area contributed by atoms with Gasteiger partial charge < -0.3 is 16.2 Å². The van der Waals surface area contributed by atoms with Gasteiger partial charge in [0.05, 0.1) is 5.56 Å². The van der Waals surface area contributed by atoms with Crippen molar-refractivity contribution in [2.24, 2.45) is 5.73 Å². The van der Waals surface area contributed by atoms with Crippen molar-refractivity contribution in [2.75, 3.05) is 0 Å². The van der Waals surface area contributed by atoms with Crippen molar-refractivity contribution < 1.29 is 27.9 Å². The van der Waals surface area contributed by atoms with Gasteiger partial charge in [-0.3, -0.25) is 9.59 Å². The Morgan fingerprint density at radius 2 is 1.70 bits per heavy atom. The number of alkyl halides is 3. The number of benzene rings is 2. The number of aliphatic hydroxyl groups excluding tert-OH is 1. The first kappa shape index (κ1) is 20.7. The van der Waals surface area contributed by atoms with Gasteiger partial charge in [0.25, 0.3) is 5.91 Å². The summed E-state index contributed by atoms with van der Waals surface area (Å²) in [7, 11) is 0. The maximum atomic E-state index is 12.6. The summed E-state index contributed by atoms with van der Waals surface area (Å²) in [5.74, 6) is -1.81. The smallest absolute Gasteiger partial charge is 0.378 e. The Morgan fingerprint density at radius 3 is 2.22 bits per heavy atom. The molecule has 0 unspecified atom stereocenters. The van der Waals surface area contributed by atoms with E-state index in [0.717, 1.165) is 24.3 Å². The van der Waals surface area contributed by atoms with E-state index in [1.54, 1.807) is 24.3 Å². The Balaban J connectivity index is 2.10. The van der Waals surface area contributed by atoms with Crippen molar-refractivity contribution in [2.45, 2.75) is 24.7 Å². The van der Waals surface area contributed by atoms with E-state index in [4.69, 9.17) is 17.3 Å². The van der Waals surface area contributed by atoms with Gasteiger partial charge in [-0.25, -0.2) is 0 Å². The third-order valence-corrected chi connectivity index (χ3v) is 4.21. The average molecular weight is 401 g/mol. The van der Waals surface area contributed by atoms with Gasteiger partial charge in [0.1, 0.15) is 6.04 Å². The molecule has 0 fully saturated rings. The second-order valence-electron chi connectivity index (χ2n) is 5.78. The predicted octanol–water partition coefficient (Wildman–Crippen LogP) is 2.61. The number of amides is 2. The largest absolute Gasteiger partial charge is 0.416 e. The molecule has 4 N–H and O–H groups in total. The van der Waals surface area contributed by atoms with E-state index in [0.29, 0.717) is 10.6 Å². The van der Waals surface area contributed by atoms with E-state index in [2.05, 4.69) is 5.32 Å².